The maximum Gasteiger partial charge on any atom is 0.125 e. The number of ether oxygens (including phenoxy) is 1. The van der Waals surface area contributed by atoms with Crippen LogP contribution in [-0.4, -0.2) is 41.6 Å². The van der Waals surface area contributed by atoms with E-state index in [4.69, 9.17) is 4.74 Å². The predicted molar refractivity (Wildman–Crippen MR) is 85.8 cm³/mol. The van der Waals surface area contributed by atoms with E-state index >= 15 is 0 Å². The third-order valence-electron chi connectivity index (χ3n) is 4.20. The van der Waals surface area contributed by atoms with E-state index in [9.17, 15) is 10.2 Å². The number of rotatable bonds is 9. The third-order valence-corrected chi connectivity index (χ3v) is 4.20. The van der Waals surface area contributed by atoms with Crippen molar-refractivity contribution < 1.29 is 14.9 Å². The van der Waals surface area contributed by atoms with Crippen molar-refractivity contribution in [2.24, 2.45) is 0 Å². The first kappa shape index (κ1) is 18.0. The summed E-state index contributed by atoms with van der Waals surface area (Å²) in [4.78, 5) is 0. The van der Waals surface area contributed by atoms with Gasteiger partial charge in [-0.2, -0.15) is 0 Å². The van der Waals surface area contributed by atoms with Gasteiger partial charge in [-0.05, 0) is 37.8 Å². The van der Waals surface area contributed by atoms with E-state index in [1.54, 1.807) is 0 Å². The van der Waals surface area contributed by atoms with Crippen LogP contribution >= 0.6 is 0 Å². The Morgan fingerprint density at radius 3 is 2.24 bits per heavy atom. The van der Waals surface area contributed by atoms with Crippen LogP contribution in [0.4, 0.5) is 0 Å². The molecule has 0 heterocycles. The fourth-order valence-electron chi connectivity index (χ4n) is 2.38. The number of benzene rings is 1. The first-order valence-electron chi connectivity index (χ1n) is 7.71. The van der Waals surface area contributed by atoms with Gasteiger partial charge >= 0.3 is 0 Å². The van der Waals surface area contributed by atoms with Crippen LogP contribution in [0, 0.1) is 13.8 Å². The van der Waals surface area contributed by atoms with Crippen LogP contribution in [0.25, 0.3) is 0 Å². The molecule has 120 valence electrons. The van der Waals surface area contributed by atoms with Crippen LogP contribution in [0.15, 0.2) is 18.2 Å². The first-order valence-corrected chi connectivity index (χ1v) is 7.71. The number of hydrogen-bond acceptors (Lipinski definition) is 4. The van der Waals surface area contributed by atoms with E-state index in [0.717, 1.165) is 29.7 Å². The second kappa shape index (κ2) is 8.37. The zero-order chi connectivity index (χ0) is 15.9. The van der Waals surface area contributed by atoms with Crippen molar-refractivity contribution >= 4 is 0 Å². The molecule has 4 nitrogen and oxygen atoms in total. The molecule has 1 aromatic carbocycles. The van der Waals surface area contributed by atoms with Crippen molar-refractivity contribution in [1.29, 1.82) is 0 Å². The maximum atomic E-state index is 10.1. The zero-order valence-electron chi connectivity index (χ0n) is 13.6. The Hall–Kier alpha value is -1.10. The number of nitrogens with one attached hydrogen (secondary N) is 1. The van der Waals surface area contributed by atoms with Crippen molar-refractivity contribution in [2.75, 3.05) is 19.8 Å². The third kappa shape index (κ3) is 4.99. The van der Waals surface area contributed by atoms with E-state index in [2.05, 4.69) is 5.32 Å². The minimum Gasteiger partial charge on any atom is -0.490 e. The monoisotopic (exact) mass is 295 g/mol. The Kier molecular flexibility index (Phi) is 7.15. The van der Waals surface area contributed by atoms with Crippen LogP contribution in [-0.2, 0) is 0 Å². The molecular formula is C17H29NO3. The number of aliphatic hydroxyl groups excluding tert-OH is 2. The molecule has 0 aliphatic rings. The molecule has 0 radical (unpaired) electrons. The first-order chi connectivity index (χ1) is 9.98. The Balaban J connectivity index is 2.49. The SMILES string of the molecule is CCC(CC)(CO)NCC(O)COc1c(C)cccc1C. The van der Waals surface area contributed by atoms with Crippen LogP contribution in [0.1, 0.15) is 37.8 Å². The standard InChI is InChI=1S/C17H29NO3/c1-5-17(6-2,12-19)18-10-15(20)11-21-16-13(3)8-7-9-14(16)4/h7-9,15,18-20H,5-6,10-12H2,1-4H3. The largest absolute Gasteiger partial charge is 0.490 e. The lowest BCUT2D eigenvalue weighted by Gasteiger charge is -2.32. The van der Waals surface area contributed by atoms with Gasteiger partial charge in [-0.3, -0.25) is 0 Å². The lowest BCUT2D eigenvalue weighted by Crippen LogP contribution is -2.51. The molecule has 0 saturated heterocycles. The number of β-amino-alcohol motifs (C(OH)–C–C–N with tert-alkyl or cyclic N) is 1. The molecule has 0 saturated carbocycles. The summed E-state index contributed by atoms with van der Waals surface area (Å²) in [7, 11) is 0. The highest BCUT2D eigenvalue weighted by atomic mass is 16.5. The van der Waals surface area contributed by atoms with Gasteiger partial charge in [0.25, 0.3) is 0 Å². The Labute approximate surface area is 128 Å². The average molecular weight is 295 g/mol. The van der Waals surface area contributed by atoms with E-state index in [-0.39, 0.29) is 18.8 Å². The van der Waals surface area contributed by atoms with Crippen LogP contribution < -0.4 is 10.1 Å². The molecule has 0 amide bonds. The van der Waals surface area contributed by atoms with Crippen molar-refractivity contribution in [2.45, 2.75) is 52.2 Å². The topological polar surface area (TPSA) is 61.7 Å². The molecular weight excluding hydrogens is 266 g/mol. The van der Waals surface area contributed by atoms with Crippen LogP contribution in [0.5, 0.6) is 5.75 Å². The van der Waals surface area contributed by atoms with Crippen molar-refractivity contribution in [3.63, 3.8) is 0 Å². The number of aryl methyl sites for hydroxylation is 2. The molecule has 1 rings (SSSR count). The van der Waals surface area contributed by atoms with Gasteiger partial charge in [0, 0.05) is 12.1 Å². The van der Waals surface area contributed by atoms with Crippen molar-refractivity contribution in [3.05, 3.63) is 29.3 Å². The highest BCUT2D eigenvalue weighted by molar-refractivity contribution is 5.39. The van der Waals surface area contributed by atoms with E-state index in [1.165, 1.54) is 0 Å². The summed E-state index contributed by atoms with van der Waals surface area (Å²) in [5, 5.41) is 22.8. The fraction of sp³-hybridized carbons (Fsp3) is 0.647. The van der Waals surface area contributed by atoms with Crippen molar-refractivity contribution in [3.8, 4) is 5.75 Å². The van der Waals surface area contributed by atoms with E-state index in [1.807, 2.05) is 45.9 Å². The molecule has 0 aromatic heterocycles. The number of hydrogen-bond donors (Lipinski definition) is 3. The van der Waals surface area contributed by atoms with E-state index < -0.39 is 6.10 Å². The molecule has 1 unspecified atom stereocenters. The molecule has 21 heavy (non-hydrogen) atoms. The van der Waals surface area contributed by atoms with Crippen LogP contribution in [0.2, 0.25) is 0 Å². The highest BCUT2D eigenvalue weighted by Crippen LogP contribution is 2.22. The molecule has 0 bridgehead atoms. The van der Waals surface area contributed by atoms with Gasteiger partial charge in [0.05, 0.1) is 6.61 Å². The predicted octanol–water partition coefficient (Wildman–Crippen LogP) is 2.18. The molecule has 1 aromatic rings. The molecule has 0 fully saturated rings. The summed E-state index contributed by atoms with van der Waals surface area (Å²) in [5.41, 5.74) is 1.84. The maximum absolute atomic E-state index is 10.1. The Morgan fingerprint density at radius 1 is 1.19 bits per heavy atom. The second-order valence-electron chi connectivity index (χ2n) is 5.71. The number of para-hydroxylation sites is 1. The quantitative estimate of drug-likeness (QED) is 0.653. The van der Waals surface area contributed by atoms with E-state index in [0.29, 0.717) is 6.54 Å². The lowest BCUT2D eigenvalue weighted by molar-refractivity contribution is 0.0808. The van der Waals surface area contributed by atoms with Gasteiger partial charge in [-0.15, -0.1) is 0 Å². The zero-order valence-corrected chi connectivity index (χ0v) is 13.6. The molecule has 0 aliphatic heterocycles. The minimum atomic E-state index is -0.604. The van der Waals surface area contributed by atoms with Gasteiger partial charge in [-0.25, -0.2) is 0 Å². The molecule has 0 aliphatic carbocycles. The summed E-state index contributed by atoms with van der Waals surface area (Å²) >= 11 is 0. The van der Waals surface area contributed by atoms with Gasteiger partial charge in [0.1, 0.15) is 18.5 Å². The number of aliphatic hydroxyl groups is 2. The summed E-state index contributed by atoms with van der Waals surface area (Å²) in [5.74, 6) is 0.843. The summed E-state index contributed by atoms with van der Waals surface area (Å²) in [6, 6.07) is 5.99. The molecule has 0 spiro atoms. The van der Waals surface area contributed by atoms with Crippen molar-refractivity contribution in [1.82, 2.24) is 5.32 Å². The average Bonchev–Trinajstić information content (AvgIpc) is 2.49. The normalized spacial score (nSPS) is 13.2. The smallest absolute Gasteiger partial charge is 0.125 e. The fourth-order valence-corrected chi connectivity index (χ4v) is 2.38. The minimum absolute atomic E-state index is 0.0739. The van der Waals surface area contributed by atoms with Gasteiger partial charge in [0.15, 0.2) is 0 Å². The molecule has 3 N–H and O–H groups in total. The van der Waals surface area contributed by atoms with Gasteiger partial charge in [0.2, 0.25) is 0 Å². The second-order valence-corrected chi connectivity index (χ2v) is 5.71. The molecule has 4 heteroatoms. The van der Waals surface area contributed by atoms with Gasteiger partial charge < -0.3 is 20.3 Å². The van der Waals surface area contributed by atoms with Crippen LogP contribution in [0.3, 0.4) is 0 Å². The molecule has 1 atom stereocenters. The summed E-state index contributed by atoms with van der Waals surface area (Å²) in [6.45, 7) is 8.79. The lowest BCUT2D eigenvalue weighted by atomic mass is 9.94. The summed E-state index contributed by atoms with van der Waals surface area (Å²) < 4.78 is 5.74. The van der Waals surface area contributed by atoms with Gasteiger partial charge in [-0.1, -0.05) is 32.0 Å². The summed E-state index contributed by atoms with van der Waals surface area (Å²) in [6.07, 6.45) is 1.04. The highest BCUT2D eigenvalue weighted by Gasteiger charge is 2.25. The Bertz CT molecular complexity index is 402. The Morgan fingerprint density at radius 2 is 1.76 bits per heavy atom.